The maximum Gasteiger partial charge on any atom is 0.0582 e. The van der Waals surface area contributed by atoms with Crippen molar-refractivity contribution in [3.05, 3.63) is 235 Å². The van der Waals surface area contributed by atoms with Crippen molar-refractivity contribution < 1.29 is 0 Å². The highest BCUT2D eigenvalue weighted by Crippen LogP contribution is 2.56. The van der Waals surface area contributed by atoms with Crippen LogP contribution in [0.3, 0.4) is 0 Å². The van der Waals surface area contributed by atoms with Crippen molar-refractivity contribution in [1.29, 1.82) is 0 Å². The van der Waals surface area contributed by atoms with Gasteiger partial charge in [-0.1, -0.05) is 143 Å². The largest absolute Gasteiger partial charge is 0.311 e. The standard InChI is InChI=1S/C60H47N3/c1-59(2)52-26-17-27-53-58(52)63-56-50(36-42(38-54(56)59)40-28-32-48(33-29-40)61(44-18-9-5-10-19-44)45-20-11-6-12-21-45)51-37-43(39-55(57(51)63)60(53,3)4)41-30-34-49(35-31-41)62(46-22-13-7-14-23-46)47-24-15-8-16-25-47/h5-39H,1-4H3. The molecule has 3 heteroatoms. The van der Waals surface area contributed by atoms with E-state index >= 15 is 0 Å². The quantitative estimate of drug-likeness (QED) is 0.151. The first-order valence-corrected chi connectivity index (χ1v) is 22.1. The van der Waals surface area contributed by atoms with E-state index in [1.165, 1.54) is 72.0 Å². The predicted molar refractivity (Wildman–Crippen MR) is 265 cm³/mol. The van der Waals surface area contributed by atoms with Gasteiger partial charge in [0.15, 0.2) is 0 Å². The second-order valence-corrected chi connectivity index (χ2v) is 18.2. The molecule has 0 saturated carbocycles. The molecule has 12 rings (SSSR count). The first-order chi connectivity index (χ1) is 30.8. The first-order valence-electron chi connectivity index (χ1n) is 22.1. The molecule has 0 fully saturated rings. The number of aromatic nitrogens is 1. The van der Waals surface area contributed by atoms with Crippen LogP contribution in [-0.4, -0.2) is 4.57 Å². The summed E-state index contributed by atoms with van der Waals surface area (Å²) in [6.07, 6.45) is 0. The van der Waals surface area contributed by atoms with Crippen LogP contribution in [0, 0.1) is 0 Å². The Balaban J connectivity index is 1.04. The van der Waals surface area contributed by atoms with Gasteiger partial charge in [-0.2, -0.15) is 0 Å². The van der Waals surface area contributed by atoms with Crippen LogP contribution in [-0.2, 0) is 10.8 Å². The summed E-state index contributed by atoms with van der Waals surface area (Å²) < 4.78 is 2.63. The van der Waals surface area contributed by atoms with Crippen molar-refractivity contribution in [2.45, 2.75) is 38.5 Å². The van der Waals surface area contributed by atoms with Gasteiger partial charge in [-0.15, -0.1) is 0 Å². The number of hydrogen-bond acceptors (Lipinski definition) is 2. The Morgan fingerprint density at radius 1 is 0.302 bits per heavy atom. The fourth-order valence-electron chi connectivity index (χ4n) is 10.7. The van der Waals surface area contributed by atoms with Crippen LogP contribution in [0.1, 0.15) is 49.9 Å². The van der Waals surface area contributed by atoms with Gasteiger partial charge >= 0.3 is 0 Å². The summed E-state index contributed by atoms with van der Waals surface area (Å²) in [5, 5.41) is 2.61. The Kier molecular flexibility index (Phi) is 8.23. The Morgan fingerprint density at radius 2 is 0.619 bits per heavy atom. The van der Waals surface area contributed by atoms with E-state index in [2.05, 4.69) is 254 Å². The van der Waals surface area contributed by atoms with E-state index in [9.17, 15) is 0 Å². The van der Waals surface area contributed by atoms with Gasteiger partial charge in [-0.25, -0.2) is 0 Å². The van der Waals surface area contributed by atoms with E-state index in [-0.39, 0.29) is 10.8 Å². The second kappa shape index (κ2) is 14.0. The van der Waals surface area contributed by atoms with Crippen LogP contribution in [0.2, 0.25) is 0 Å². The number of para-hydroxylation sites is 5. The summed E-state index contributed by atoms with van der Waals surface area (Å²) in [4.78, 5) is 4.66. The van der Waals surface area contributed by atoms with Gasteiger partial charge in [0.2, 0.25) is 0 Å². The summed E-state index contributed by atoms with van der Waals surface area (Å²) in [7, 11) is 0. The normalized spacial score (nSPS) is 14.0. The molecule has 0 saturated heterocycles. The maximum atomic E-state index is 2.63. The summed E-state index contributed by atoms with van der Waals surface area (Å²) in [6, 6.07) is 77.8. The van der Waals surface area contributed by atoms with Crippen LogP contribution in [0.25, 0.3) is 49.7 Å². The molecule has 0 aliphatic carbocycles. The molecule has 0 amide bonds. The molecule has 63 heavy (non-hydrogen) atoms. The monoisotopic (exact) mass is 809 g/mol. The smallest absolute Gasteiger partial charge is 0.0582 e. The van der Waals surface area contributed by atoms with Crippen molar-refractivity contribution in [3.63, 3.8) is 0 Å². The molecule has 2 aliphatic heterocycles. The van der Waals surface area contributed by atoms with Crippen molar-refractivity contribution in [3.8, 4) is 27.9 Å². The molecule has 0 N–H and O–H groups in total. The average Bonchev–Trinajstić information content (AvgIpc) is 3.66. The average molecular weight is 810 g/mol. The Morgan fingerprint density at radius 3 is 0.952 bits per heavy atom. The number of benzene rings is 9. The van der Waals surface area contributed by atoms with E-state index in [0.717, 1.165) is 34.1 Å². The molecular formula is C60H47N3. The molecule has 3 nitrogen and oxygen atoms in total. The number of fused-ring (bicyclic) bond motifs is 1. The minimum absolute atomic E-state index is 0.211. The van der Waals surface area contributed by atoms with Crippen LogP contribution in [0.15, 0.2) is 212 Å². The first kappa shape index (κ1) is 37.2. The van der Waals surface area contributed by atoms with E-state index in [1.54, 1.807) is 0 Å². The van der Waals surface area contributed by atoms with Gasteiger partial charge in [0.1, 0.15) is 0 Å². The van der Waals surface area contributed by atoms with Crippen molar-refractivity contribution >= 4 is 55.9 Å². The summed E-state index contributed by atoms with van der Waals surface area (Å²) in [6.45, 7) is 9.69. The van der Waals surface area contributed by atoms with Crippen LogP contribution >= 0.6 is 0 Å². The highest BCUT2D eigenvalue weighted by molar-refractivity contribution is 6.16. The number of hydrogen-bond donors (Lipinski definition) is 0. The minimum Gasteiger partial charge on any atom is -0.311 e. The van der Waals surface area contributed by atoms with E-state index in [1.807, 2.05) is 0 Å². The molecule has 3 heterocycles. The predicted octanol–water partition coefficient (Wildman–Crippen LogP) is 16.3. The zero-order valence-electron chi connectivity index (χ0n) is 36.0. The lowest BCUT2D eigenvalue weighted by Crippen LogP contribution is -2.33. The Bertz CT molecular complexity index is 3050. The number of rotatable bonds is 8. The van der Waals surface area contributed by atoms with Crippen LogP contribution < -0.4 is 9.80 Å². The summed E-state index contributed by atoms with van der Waals surface area (Å²) in [5.74, 6) is 0. The molecule has 1 aromatic heterocycles. The van der Waals surface area contributed by atoms with Crippen molar-refractivity contribution in [1.82, 2.24) is 4.57 Å². The molecule has 2 aliphatic rings. The molecule has 9 aromatic carbocycles. The molecule has 0 atom stereocenters. The van der Waals surface area contributed by atoms with Crippen LogP contribution in [0.5, 0.6) is 0 Å². The molecule has 302 valence electrons. The lowest BCUT2D eigenvalue weighted by atomic mass is 9.68. The minimum atomic E-state index is -0.211. The van der Waals surface area contributed by atoms with Gasteiger partial charge in [0.25, 0.3) is 0 Å². The number of nitrogens with zero attached hydrogens (tertiary/aromatic N) is 3. The van der Waals surface area contributed by atoms with E-state index < -0.39 is 0 Å². The Labute approximate surface area is 369 Å². The zero-order chi connectivity index (χ0) is 42.5. The van der Waals surface area contributed by atoms with Gasteiger partial charge in [-0.3, -0.25) is 0 Å². The molecule has 10 aromatic rings. The summed E-state index contributed by atoms with van der Waals surface area (Å²) in [5.41, 5.74) is 20.8. The third-order valence-electron chi connectivity index (χ3n) is 13.9. The molecular weight excluding hydrogens is 763 g/mol. The molecule has 0 bridgehead atoms. The summed E-state index contributed by atoms with van der Waals surface area (Å²) >= 11 is 0. The van der Waals surface area contributed by atoms with Crippen molar-refractivity contribution in [2.24, 2.45) is 0 Å². The lowest BCUT2D eigenvalue weighted by molar-refractivity contribution is 0.594. The van der Waals surface area contributed by atoms with Crippen molar-refractivity contribution in [2.75, 3.05) is 9.80 Å². The van der Waals surface area contributed by atoms with E-state index in [0.29, 0.717) is 0 Å². The molecule has 0 spiro atoms. The van der Waals surface area contributed by atoms with Gasteiger partial charge in [0, 0.05) is 55.7 Å². The highest BCUT2D eigenvalue weighted by Gasteiger charge is 2.43. The van der Waals surface area contributed by atoms with Gasteiger partial charge < -0.3 is 14.4 Å². The zero-order valence-corrected chi connectivity index (χ0v) is 36.0. The third kappa shape index (κ3) is 5.66. The van der Waals surface area contributed by atoms with Gasteiger partial charge in [0.05, 0.1) is 16.7 Å². The second-order valence-electron chi connectivity index (χ2n) is 18.2. The fourth-order valence-corrected chi connectivity index (χ4v) is 10.7. The number of anilines is 6. The molecule has 0 unspecified atom stereocenters. The lowest BCUT2D eigenvalue weighted by Gasteiger charge is -2.42. The van der Waals surface area contributed by atoms with Crippen LogP contribution in [0.4, 0.5) is 34.1 Å². The third-order valence-corrected chi connectivity index (χ3v) is 13.9. The molecule has 0 radical (unpaired) electrons. The maximum absolute atomic E-state index is 2.63. The van der Waals surface area contributed by atoms with E-state index in [4.69, 9.17) is 0 Å². The Hall–Kier alpha value is -7.62. The SMILES string of the molecule is CC1(C)c2cccc3c2-n2c4c1cc(-c1ccc(N(c5ccccc5)c5ccccc5)cc1)cc4c1cc(-c4ccc(N(c5ccccc5)c5ccccc5)cc4)cc(c12)C3(C)C. The topological polar surface area (TPSA) is 11.4 Å². The fraction of sp³-hybridized carbons (Fsp3) is 0.100. The van der Waals surface area contributed by atoms with Gasteiger partial charge in [-0.05, 0) is 142 Å². The highest BCUT2D eigenvalue weighted by atomic mass is 15.1.